The zero-order valence-corrected chi connectivity index (χ0v) is 23.3. The number of sulfonamides is 1. The molecule has 0 aliphatic heterocycles. The molecule has 0 heterocycles. The second-order valence-corrected chi connectivity index (χ2v) is 11.2. The van der Waals surface area contributed by atoms with Crippen LogP contribution in [0.4, 0.5) is 5.69 Å². The molecule has 0 fully saturated rings. The Morgan fingerprint density at radius 1 is 0.892 bits per heavy atom. The van der Waals surface area contributed by atoms with Crippen LogP contribution in [0, 0.1) is 0 Å². The van der Waals surface area contributed by atoms with E-state index in [1.54, 1.807) is 61.5 Å². The fourth-order valence-corrected chi connectivity index (χ4v) is 5.87. The van der Waals surface area contributed by atoms with Gasteiger partial charge in [-0.15, -0.1) is 0 Å². The number of halogens is 3. The molecule has 0 saturated carbocycles. The van der Waals surface area contributed by atoms with Crippen molar-refractivity contribution in [1.29, 1.82) is 0 Å². The smallest absolute Gasteiger partial charge is 0.264 e. The molecular formula is C26H26Cl3N3O4S. The van der Waals surface area contributed by atoms with Gasteiger partial charge in [0.05, 0.1) is 25.7 Å². The Morgan fingerprint density at radius 2 is 1.54 bits per heavy atom. The Balaban J connectivity index is 2.07. The van der Waals surface area contributed by atoms with E-state index >= 15 is 0 Å². The van der Waals surface area contributed by atoms with Crippen LogP contribution in [-0.2, 0) is 26.2 Å². The molecule has 3 rings (SSSR count). The van der Waals surface area contributed by atoms with Gasteiger partial charge in [0.15, 0.2) is 0 Å². The fraction of sp³-hybridized carbons (Fsp3) is 0.231. The number of nitrogens with one attached hydrogen (secondary N) is 1. The molecule has 196 valence electrons. The summed E-state index contributed by atoms with van der Waals surface area (Å²) in [7, 11) is -2.71. The Bertz CT molecular complexity index is 1370. The van der Waals surface area contributed by atoms with Crippen LogP contribution < -0.4 is 9.62 Å². The summed E-state index contributed by atoms with van der Waals surface area (Å²) >= 11 is 18.6. The highest BCUT2D eigenvalue weighted by Gasteiger charge is 2.34. The van der Waals surface area contributed by atoms with Gasteiger partial charge in [-0.2, -0.15) is 0 Å². The zero-order valence-electron chi connectivity index (χ0n) is 20.2. The third-order valence-electron chi connectivity index (χ3n) is 5.70. The lowest BCUT2D eigenvalue weighted by Gasteiger charge is -2.33. The largest absolute Gasteiger partial charge is 0.357 e. The van der Waals surface area contributed by atoms with Gasteiger partial charge < -0.3 is 10.2 Å². The number of benzene rings is 3. The van der Waals surface area contributed by atoms with Crippen molar-refractivity contribution in [3.8, 4) is 0 Å². The Hall–Kier alpha value is -2.78. The number of carbonyl (C=O) groups is 2. The van der Waals surface area contributed by atoms with Crippen molar-refractivity contribution < 1.29 is 18.0 Å². The van der Waals surface area contributed by atoms with E-state index in [9.17, 15) is 18.0 Å². The minimum Gasteiger partial charge on any atom is -0.357 e. The van der Waals surface area contributed by atoms with Crippen molar-refractivity contribution >= 4 is 62.3 Å². The first-order valence-electron chi connectivity index (χ1n) is 11.4. The van der Waals surface area contributed by atoms with E-state index in [0.29, 0.717) is 22.0 Å². The molecule has 0 aromatic heterocycles. The maximum Gasteiger partial charge on any atom is 0.264 e. The molecule has 37 heavy (non-hydrogen) atoms. The van der Waals surface area contributed by atoms with Crippen LogP contribution in [0.15, 0.2) is 77.7 Å². The van der Waals surface area contributed by atoms with Gasteiger partial charge in [-0.25, -0.2) is 8.42 Å². The van der Waals surface area contributed by atoms with Crippen molar-refractivity contribution in [2.75, 3.05) is 17.9 Å². The van der Waals surface area contributed by atoms with Crippen LogP contribution in [0.1, 0.15) is 18.9 Å². The highest BCUT2D eigenvalue weighted by Crippen LogP contribution is 2.31. The molecule has 0 radical (unpaired) electrons. The standard InChI is InChI=1S/C26H26Cl3N3O4S/c1-3-23(26(34)30-2)31(16-18-13-14-20(27)22(29)15-18)25(33)17-32(24-12-8-7-11-21(24)28)37(35,36)19-9-5-4-6-10-19/h4-15,23H,3,16-17H2,1-2H3,(H,30,34)/t23-/m1/s1. The summed E-state index contributed by atoms with van der Waals surface area (Å²) in [6.07, 6.45) is 0.296. The number of hydrogen-bond donors (Lipinski definition) is 1. The summed E-state index contributed by atoms with van der Waals surface area (Å²) < 4.78 is 28.4. The van der Waals surface area contributed by atoms with Crippen LogP contribution in [0.5, 0.6) is 0 Å². The first kappa shape index (κ1) is 28.8. The van der Waals surface area contributed by atoms with Crippen LogP contribution in [0.25, 0.3) is 0 Å². The number of carbonyl (C=O) groups excluding carboxylic acids is 2. The maximum absolute atomic E-state index is 13.8. The molecule has 0 saturated heterocycles. The second-order valence-electron chi connectivity index (χ2n) is 8.08. The SMILES string of the molecule is CC[C@H](C(=O)NC)N(Cc1ccc(Cl)c(Cl)c1)C(=O)CN(c1ccccc1Cl)S(=O)(=O)c1ccccc1. The van der Waals surface area contributed by atoms with Gasteiger partial charge in [-0.1, -0.05) is 78.1 Å². The van der Waals surface area contributed by atoms with Crippen LogP contribution in [-0.4, -0.2) is 44.8 Å². The van der Waals surface area contributed by atoms with E-state index in [1.165, 1.54) is 30.1 Å². The summed E-state index contributed by atoms with van der Waals surface area (Å²) in [5.74, 6) is -0.980. The topological polar surface area (TPSA) is 86.8 Å². The molecule has 0 aliphatic rings. The van der Waals surface area contributed by atoms with E-state index in [1.807, 2.05) is 0 Å². The molecule has 0 bridgehead atoms. The van der Waals surface area contributed by atoms with Gasteiger partial charge >= 0.3 is 0 Å². The first-order valence-corrected chi connectivity index (χ1v) is 13.9. The Morgan fingerprint density at radius 3 is 2.14 bits per heavy atom. The number of amides is 2. The molecule has 2 amide bonds. The average Bonchev–Trinajstić information content (AvgIpc) is 2.89. The zero-order chi connectivity index (χ0) is 27.2. The number of anilines is 1. The molecular weight excluding hydrogens is 557 g/mol. The number of nitrogens with zero attached hydrogens (tertiary/aromatic N) is 2. The van der Waals surface area contributed by atoms with E-state index in [0.717, 1.165) is 4.31 Å². The van der Waals surface area contributed by atoms with E-state index in [4.69, 9.17) is 34.8 Å². The van der Waals surface area contributed by atoms with Crippen molar-refractivity contribution in [3.63, 3.8) is 0 Å². The van der Waals surface area contributed by atoms with Crippen LogP contribution in [0.2, 0.25) is 15.1 Å². The number of likely N-dealkylation sites (N-methyl/N-ethyl adjacent to an activating group) is 1. The van der Waals surface area contributed by atoms with Gasteiger partial charge in [0.25, 0.3) is 10.0 Å². The summed E-state index contributed by atoms with van der Waals surface area (Å²) in [5.41, 5.74) is 0.768. The lowest BCUT2D eigenvalue weighted by molar-refractivity contribution is -0.140. The van der Waals surface area contributed by atoms with Crippen molar-refractivity contribution in [2.45, 2.75) is 30.8 Å². The number of hydrogen-bond acceptors (Lipinski definition) is 4. The summed E-state index contributed by atoms with van der Waals surface area (Å²) in [5, 5.41) is 3.37. The molecule has 1 atom stereocenters. The fourth-order valence-electron chi connectivity index (χ4n) is 3.81. The Kier molecular flexibility index (Phi) is 9.84. The minimum atomic E-state index is -4.19. The number of rotatable bonds is 10. The quantitative estimate of drug-likeness (QED) is 0.347. The molecule has 0 spiro atoms. The van der Waals surface area contributed by atoms with Crippen molar-refractivity contribution in [2.24, 2.45) is 0 Å². The molecule has 3 aromatic rings. The van der Waals surface area contributed by atoms with Gasteiger partial charge in [0.1, 0.15) is 12.6 Å². The third kappa shape index (κ3) is 6.76. The van der Waals surface area contributed by atoms with Crippen LogP contribution >= 0.6 is 34.8 Å². The van der Waals surface area contributed by atoms with E-state index in [-0.39, 0.29) is 28.1 Å². The van der Waals surface area contributed by atoms with E-state index < -0.39 is 28.5 Å². The van der Waals surface area contributed by atoms with Crippen LogP contribution in [0.3, 0.4) is 0 Å². The maximum atomic E-state index is 13.8. The normalized spacial score (nSPS) is 12.0. The molecule has 1 N–H and O–H groups in total. The monoisotopic (exact) mass is 581 g/mol. The third-order valence-corrected chi connectivity index (χ3v) is 8.53. The highest BCUT2D eigenvalue weighted by atomic mass is 35.5. The molecule has 0 aliphatic carbocycles. The first-order chi connectivity index (χ1) is 17.6. The van der Waals surface area contributed by atoms with Gasteiger partial charge in [-0.3, -0.25) is 13.9 Å². The molecule has 11 heteroatoms. The second kappa shape index (κ2) is 12.6. The molecule has 3 aromatic carbocycles. The predicted octanol–water partition coefficient (Wildman–Crippen LogP) is 5.40. The lowest BCUT2D eigenvalue weighted by atomic mass is 10.1. The van der Waals surface area contributed by atoms with Gasteiger partial charge in [0.2, 0.25) is 11.8 Å². The predicted molar refractivity (Wildman–Crippen MR) is 148 cm³/mol. The van der Waals surface area contributed by atoms with Gasteiger partial charge in [0, 0.05) is 13.6 Å². The highest BCUT2D eigenvalue weighted by molar-refractivity contribution is 7.92. The summed E-state index contributed by atoms with van der Waals surface area (Å²) in [6.45, 7) is 1.18. The summed E-state index contributed by atoms with van der Waals surface area (Å²) in [4.78, 5) is 27.9. The summed E-state index contributed by atoms with van der Waals surface area (Å²) in [6, 6.07) is 18.2. The van der Waals surface area contributed by atoms with Crippen molar-refractivity contribution in [1.82, 2.24) is 10.2 Å². The minimum absolute atomic E-state index is 0.00269. The van der Waals surface area contributed by atoms with Gasteiger partial charge in [-0.05, 0) is 48.4 Å². The average molecular weight is 583 g/mol. The lowest BCUT2D eigenvalue weighted by Crippen LogP contribution is -2.51. The number of para-hydroxylation sites is 1. The molecule has 0 unspecified atom stereocenters. The van der Waals surface area contributed by atoms with Crippen molar-refractivity contribution in [3.05, 3.63) is 93.4 Å². The van der Waals surface area contributed by atoms with E-state index in [2.05, 4.69) is 5.32 Å². The molecule has 7 nitrogen and oxygen atoms in total. The Labute approximate surface area is 232 Å².